The van der Waals surface area contributed by atoms with E-state index in [9.17, 15) is 14.7 Å². The molecular formula is C20H14BrClN2O5. The molecule has 2 N–H and O–H groups in total. The molecule has 3 aromatic rings. The van der Waals surface area contributed by atoms with Crippen molar-refractivity contribution in [2.75, 3.05) is 7.11 Å². The van der Waals surface area contributed by atoms with Gasteiger partial charge in [0.1, 0.15) is 17.3 Å². The Labute approximate surface area is 179 Å². The van der Waals surface area contributed by atoms with E-state index in [1.54, 1.807) is 36.4 Å². The minimum atomic E-state index is -0.583. The molecule has 0 aliphatic rings. The number of hydrazone groups is 1. The number of ether oxygens (including phenoxy) is 1. The lowest BCUT2D eigenvalue weighted by molar-refractivity contribution is 0.0600. The van der Waals surface area contributed by atoms with Crippen molar-refractivity contribution in [3.63, 3.8) is 0 Å². The fourth-order valence-corrected chi connectivity index (χ4v) is 3.00. The van der Waals surface area contributed by atoms with E-state index in [1.165, 1.54) is 25.5 Å². The molecule has 0 atom stereocenters. The zero-order valence-electron chi connectivity index (χ0n) is 15.0. The lowest BCUT2D eigenvalue weighted by atomic mass is 10.1. The van der Waals surface area contributed by atoms with Gasteiger partial charge in [-0.05, 0) is 48.5 Å². The number of amides is 1. The summed E-state index contributed by atoms with van der Waals surface area (Å²) in [6.45, 7) is 0. The average Bonchev–Trinajstić information content (AvgIpc) is 3.18. The summed E-state index contributed by atoms with van der Waals surface area (Å²) >= 11 is 9.43. The van der Waals surface area contributed by atoms with Gasteiger partial charge in [0.05, 0.1) is 29.5 Å². The van der Waals surface area contributed by atoms with Gasteiger partial charge in [-0.2, -0.15) is 5.10 Å². The van der Waals surface area contributed by atoms with Crippen molar-refractivity contribution in [1.29, 1.82) is 0 Å². The number of carbonyl (C=O) groups is 2. The van der Waals surface area contributed by atoms with Gasteiger partial charge in [0.15, 0.2) is 0 Å². The van der Waals surface area contributed by atoms with Crippen LogP contribution < -0.4 is 5.43 Å². The molecule has 0 saturated heterocycles. The van der Waals surface area contributed by atoms with Crippen LogP contribution >= 0.6 is 27.5 Å². The Kier molecular flexibility index (Phi) is 6.36. The summed E-state index contributed by atoms with van der Waals surface area (Å²) in [6, 6.07) is 12.5. The second-order valence-electron chi connectivity index (χ2n) is 5.75. The number of phenols is 1. The highest BCUT2D eigenvalue weighted by Gasteiger charge is 2.14. The molecule has 29 heavy (non-hydrogen) atoms. The highest BCUT2D eigenvalue weighted by atomic mass is 79.9. The minimum absolute atomic E-state index is 0.0723. The van der Waals surface area contributed by atoms with Crippen LogP contribution in [0.1, 0.15) is 26.5 Å². The molecule has 1 heterocycles. The van der Waals surface area contributed by atoms with Crippen molar-refractivity contribution in [3.8, 4) is 17.1 Å². The number of esters is 1. The van der Waals surface area contributed by atoms with Gasteiger partial charge in [-0.25, -0.2) is 10.2 Å². The summed E-state index contributed by atoms with van der Waals surface area (Å²) < 4.78 is 11.0. The summed E-state index contributed by atoms with van der Waals surface area (Å²) in [5.74, 6) is -0.479. The number of benzene rings is 2. The van der Waals surface area contributed by atoms with Crippen LogP contribution in [0.15, 0.2) is 62.5 Å². The van der Waals surface area contributed by atoms with Gasteiger partial charge in [0, 0.05) is 10.0 Å². The molecule has 0 bridgehead atoms. The standard InChI is InChI=1S/C20H14BrClN2O5/c1-28-20(27)11-2-5-16(22)14(8-11)18-7-4-13(29-18)10-23-24-19(26)15-9-12(21)3-6-17(15)25/h2-10,25H,1H3,(H,24,26)/b23-10+. The van der Waals surface area contributed by atoms with E-state index < -0.39 is 11.9 Å². The smallest absolute Gasteiger partial charge is 0.337 e. The molecule has 0 unspecified atom stereocenters. The first-order chi connectivity index (χ1) is 13.9. The van der Waals surface area contributed by atoms with Gasteiger partial charge in [0.25, 0.3) is 5.91 Å². The topological polar surface area (TPSA) is 101 Å². The third kappa shape index (κ3) is 4.85. The van der Waals surface area contributed by atoms with E-state index >= 15 is 0 Å². The van der Waals surface area contributed by atoms with E-state index in [-0.39, 0.29) is 11.3 Å². The Morgan fingerprint density at radius 3 is 2.76 bits per heavy atom. The summed E-state index contributed by atoms with van der Waals surface area (Å²) in [7, 11) is 1.29. The largest absolute Gasteiger partial charge is 0.507 e. The Hall–Kier alpha value is -3.10. The molecule has 0 aliphatic heterocycles. The SMILES string of the molecule is COC(=O)c1ccc(Cl)c(-c2ccc(/C=N/NC(=O)c3cc(Br)ccc3O)o2)c1. The van der Waals surface area contributed by atoms with E-state index in [1.807, 2.05) is 0 Å². The Balaban J connectivity index is 1.74. The van der Waals surface area contributed by atoms with E-state index in [2.05, 4.69) is 26.5 Å². The van der Waals surface area contributed by atoms with Crippen LogP contribution in [0.3, 0.4) is 0 Å². The predicted molar refractivity (Wildman–Crippen MR) is 111 cm³/mol. The molecule has 0 saturated carbocycles. The number of hydrogen-bond donors (Lipinski definition) is 2. The van der Waals surface area contributed by atoms with E-state index in [0.29, 0.717) is 32.1 Å². The second kappa shape index (κ2) is 8.93. The van der Waals surface area contributed by atoms with Crippen LogP contribution in [-0.4, -0.2) is 30.3 Å². The summed E-state index contributed by atoms with van der Waals surface area (Å²) in [5.41, 5.74) is 3.23. The van der Waals surface area contributed by atoms with Gasteiger partial charge in [0.2, 0.25) is 0 Å². The third-order valence-corrected chi connectivity index (χ3v) is 4.66. The van der Waals surface area contributed by atoms with Crippen molar-refractivity contribution in [2.45, 2.75) is 0 Å². The molecule has 2 aromatic carbocycles. The van der Waals surface area contributed by atoms with Crippen LogP contribution in [0, 0.1) is 0 Å². The maximum absolute atomic E-state index is 12.1. The summed E-state index contributed by atoms with van der Waals surface area (Å²) in [5, 5.41) is 14.0. The Morgan fingerprint density at radius 1 is 1.21 bits per heavy atom. The van der Waals surface area contributed by atoms with Gasteiger partial charge >= 0.3 is 5.97 Å². The number of methoxy groups -OCH3 is 1. The molecule has 0 aliphatic carbocycles. The van der Waals surface area contributed by atoms with Crippen molar-refractivity contribution < 1.29 is 23.8 Å². The maximum atomic E-state index is 12.1. The summed E-state index contributed by atoms with van der Waals surface area (Å²) in [4.78, 5) is 23.8. The van der Waals surface area contributed by atoms with Crippen LogP contribution in [-0.2, 0) is 4.74 Å². The summed E-state index contributed by atoms with van der Waals surface area (Å²) in [6.07, 6.45) is 1.30. The molecule has 1 aromatic heterocycles. The molecule has 0 radical (unpaired) electrons. The number of nitrogens with one attached hydrogen (secondary N) is 1. The number of phenolic OH excluding ortho intramolecular Hbond substituents is 1. The van der Waals surface area contributed by atoms with Crippen LogP contribution in [0.25, 0.3) is 11.3 Å². The zero-order valence-corrected chi connectivity index (χ0v) is 17.3. The Bertz CT molecular complexity index is 1110. The van der Waals surface area contributed by atoms with E-state index in [4.69, 9.17) is 20.8 Å². The zero-order chi connectivity index (χ0) is 21.0. The number of carbonyl (C=O) groups excluding carboxylic acids is 2. The first-order valence-electron chi connectivity index (χ1n) is 8.19. The first-order valence-corrected chi connectivity index (χ1v) is 9.36. The highest BCUT2D eigenvalue weighted by Crippen LogP contribution is 2.30. The predicted octanol–water partition coefficient (Wildman–Crippen LogP) is 4.62. The molecule has 148 valence electrons. The van der Waals surface area contributed by atoms with Crippen LogP contribution in [0.5, 0.6) is 5.75 Å². The quantitative estimate of drug-likeness (QED) is 0.317. The monoisotopic (exact) mass is 476 g/mol. The van der Waals surface area contributed by atoms with Gasteiger partial charge < -0.3 is 14.3 Å². The average molecular weight is 478 g/mol. The van der Waals surface area contributed by atoms with Crippen LogP contribution in [0.4, 0.5) is 0 Å². The minimum Gasteiger partial charge on any atom is -0.507 e. The number of nitrogens with zero attached hydrogens (tertiary/aromatic N) is 1. The first kappa shape index (κ1) is 20.6. The van der Waals surface area contributed by atoms with E-state index in [0.717, 1.165) is 0 Å². The molecular weight excluding hydrogens is 464 g/mol. The number of aromatic hydroxyl groups is 1. The Morgan fingerprint density at radius 2 is 2.00 bits per heavy atom. The normalized spacial score (nSPS) is 10.9. The second-order valence-corrected chi connectivity index (χ2v) is 7.07. The van der Waals surface area contributed by atoms with Gasteiger partial charge in [-0.15, -0.1) is 0 Å². The molecule has 3 rings (SSSR count). The highest BCUT2D eigenvalue weighted by molar-refractivity contribution is 9.10. The number of rotatable bonds is 5. The third-order valence-electron chi connectivity index (χ3n) is 3.84. The number of furan rings is 1. The molecule has 9 heteroatoms. The molecule has 1 amide bonds. The molecule has 0 fully saturated rings. The molecule has 0 spiro atoms. The number of hydrogen-bond acceptors (Lipinski definition) is 6. The van der Waals surface area contributed by atoms with Crippen molar-refractivity contribution in [2.24, 2.45) is 5.10 Å². The van der Waals surface area contributed by atoms with Gasteiger partial charge in [-0.3, -0.25) is 4.79 Å². The maximum Gasteiger partial charge on any atom is 0.337 e. The fourth-order valence-electron chi connectivity index (χ4n) is 2.43. The van der Waals surface area contributed by atoms with Crippen LogP contribution in [0.2, 0.25) is 5.02 Å². The van der Waals surface area contributed by atoms with Crippen molar-refractivity contribution in [1.82, 2.24) is 5.43 Å². The number of halogens is 2. The van der Waals surface area contributed by atoms with Crippen molar-refractivity contribution in [3.05, 3.63) is 74.9 Å². The van der Waals surface area contributed by atoms with Gasteiger partial charge in [-0.1, -0.05) is 27.5 Å². The fraction of sp³-hybridized carbons (Fsp3) is 0.0500. The lowest BCUT2D eigenvalue weighted by Crippen LogP contribution is -2.17. The molecule has 7 nitrogen and oxygen atoms in total. The lowest BCUT2D eigenvalue weighted by Gasteiger charge is -2.04. The van der Waals surface area contributed by atoms with Crippen molar-refractivity contribution >= 4 is 45.6 Å².